The van der Waals surface area contributed by atoms with E-state index in [9.17, 15) is 0 Å². The second-order valence-corrected chi connectivity index (χ2v) is 2.30. The summed E-state index contributed by atoms with van der Waals surface area (Å²) in [5, 5.41) is 9.08. The summed E-state index contributed by atoms with van der Waals surface area (Å²) in [6.45, 7) is 1.68. The summed E-state index contributed by atoms with van der Waals surface area (Å²) < 4.78 is 4.90. The SMILES string of the molecule is COc1ccc([C@H](C)O)nc1. The summed E-state index contributed by atoms with van der Waals surface area (Å²) in [6, 6.07) is 3.51. The van der Waals surface area contributed by atoms with E-state index >= 15 is 0 Å². The summed E-state index contributed by atoms with van der Waals surface area (Å²) in [5.41, 5.74) is 0.658. The first-order valence-electron chi connectivity index (χ1n) is 3.42. The number of aromatic nitrogens is 1. The Morgan fingerprint density at radius 2 is 2.27 bits per heavy atom. The Morgan fingerprint density at radius 3 is 2.64 bits per heavy atom. The van der Waals surface area contributed by atoms with Crippen LogP contribution in [0.3, 0.4) is 0 Å². The molecule has 1 aromatic rings. The third-order valence-electron chi connectivity index (χ3n) is 1.42. The highest BCUT2D eigenvalue weighted by Gasteiger charge is 2.00. The maximum atomic E-state index is 9.08. The van der Waals surface area contributed by atoms with Gasteiger partial charge in [-0.3, -0.25) is 4.98 Å². The number of aliphatic hydroxyl groups excluding tert-OH is 1. The molecular formula is C8H11NO2. The van der Waals surface area contributed by atoms with Crippen LogP contribution in [0.1, 0.15) is 18.7 Å². The van der Waals surface area contributed by atoms with Crippen LogP contribution in [0.4, 0.5) is 0 Å². The fourth-order valence-corrected chi connectivity index (χ4v) is 0.760. The fraction of sp³-hybridized carbons (Fsp3) is 0.375. The molecule has 1 atom stereocenters. The summed E-state index contributed by atoms with van der Waals surface area (Å²) in [6.07, 6.45) is 1.07. The van der Waals surface area contributed by atoms with Crippen molar-refractivity contribution in [3.8, 4) is 5.75 Å². The molecule has 0 radical (unpaired) electrons. The van der Waals surface area contributed by atoms with Crippen LogP contribution < -0.4 is 4.74 Å². The van der Waals surface area contributed by atoms with Crippen molar-refractivity contribution in [3.63, 3.8) is 0 Å². The number of pyridine rings is 1. The zero-order valence-electron chi connectivity index (χ0n) is 6.61. The van der Waals surface area contributed by atoms with E-state index in [2.05, 4.69) is 4.98 Å². The van der Waals surface area contributed by atoms with Crippen molar-refractivity contribution in [2.75, 3.05) is 7.11 Å². The molecule has 3 nitrogen and oxygen atoms in total. The Labute approximate surface area is 65.7 Å². The molecule has 0 saturated heterocycles. The molecule has 0 spiro atoms. The van der Waals surface area contributed by atoms with Crippen molar-refractivity contribution in [3.05, 3.63) is 24.0 Å². The predicted molar refractivity (Wildman–Crippen MR) is 41.4 cm³/mol. The van der Waals surface area contributed by atoms with Crippen molar-refractivity contribution in [1.82, 2.24) is 4.98 Å². The summed E-state index contributed by atoms with van der Waals surface area (Å²) >= 11 is 0. The topological polar surface area (TPSA) is 42.4 Å². The molecule has 1 heterocycles. The van der Waals surface area contributed by atoms with Gasteiger partial charge in [0.05, 0.1) is 25.1 Å². The largest absolute Gasteiger partial charge is 0.495 e. The van der Waals surface area contributed by atoms with Crippen LogP contribution in [0.2, 0.25) is 0 Å². The summed E-state index contributed by atoms with van der Waals surface area (Å²) in [7, 11) is 1.58. The van der Waals surface area contributed by atoms with Gasteiger partial charge in [0, 0.05) is 0 Å². The minimum absolute atomic E-state index is 0.513. The number of aliphatic hydroxyl groups is 1. The molecule has 0 bridgehead atoms. The van der Waals surface area contributed by atoms with Gasteiger partial charge in [-0.2, -0.15) is 0 Å². The lowest BCUT2D eigenvalue weighted by Gasteiger charge is -2.03. The lowest BCUT2D eigenvalue weighted by atomic mass is 10.2. The van der Waals surface area contributed by atoms with Crippen LogP contribution in [0.5, 0.6) is 5.75 Å². The van der Waals surface area contributed by atoms with Gasteiger partial charge in [0.25, 0.3) is 0 Å². The molecule has 1 rings (SSSR count). The molecule has 3 heteroatoms. The van der Waals surface area contributed by atoms with Crippen LogP contribution in [-0.2, 0) is 0 Å². The minimum Gasteiger partial charge on any atom is -0.495 e. The van der Waals surface area contributed by atoms with Gasteiger partial charge in [0.15, 0.2) is 0 Å². The van der Waals surface area contributed by atoms with Gasteiger partial charge in [-0.15, -0.1) is 0 Å². The van der Waals surface area contributed by atoms with Gasteiger partial charge in [0.1, 0.15) is 5.75 Å². The Bertz CT molecular complexity index is 218. The number of methoxy groups -OCH3 is 1. The molecule has 0 amide bonds. The second kappa shape index (κ2) is 3.34. The maximum Gasteiger partial charge on any atom is 0.137 e. The van der Waals surface area contributed by atoms with E-state index in [0.717, 1.165) is 0 Å². The van der Waals surface area contributed by atoms with Crippen LogP contribution >= 0.6 is 0 Å². The molecule has 1 N–H and O–H groups in total. The minimum atomic E-state index is -0.513. The van der Waals surface area contributed by atoms with E-state index in [0.29, 0.717) is 11.4 Å². The van der Waals surface area contributed by atoms with Crippen LogP contribution in [0, 0.1) is 0 Å². The van der Waals surface area contributed by atoms with Crippen LogP contribution in [0.15, 0.2) is 18.3 Å². The Morgan fingerprint density at radius 1 is 1.55 bits per heavy atom. The van der Waals surface area contributed by atoms with Crippen LogP contribution in [-0.4, -0.2) is 17.2 Å². The van der Waals surface area contributed by atoms with E-state index in [1.807, 2.05) is 0 Å². The normalized spacial score (nSPS) is 12.6. The molecule has 0 aromatic carbocycles. The Kier molecular flexibility index (Phi) is 2.44. The third-order valence-corrected chi connectivity index (χ3v) is 1.42. The maximum absolute atomic E-state index is 9.08. The van der Waals surface area contributed by atoms with Gasteiger partial charge >= 0.3 is 0 Å². The standard InChI is InChI=1S/C8H11NO2/c1-6(10)8-4-3-7(11-2)5-9-8/h3-6,10H,1-2H3/t6-/m0/s1. The average Bonchev–Trinajstić information content (AvgIpc) is 2.05. The molecule has 0 aliphatic rings. The van der Waals surface area contributed by atoms with Gasteiger partial charge in [-0.05, 0) is 19.1 Å². The lowest BCUT2D eigenvalue weighted by molar-refractivity contribution is 0.194. The molecule has 0 unspecified atom stereocenters. The molecule has 0 aliphatic heterocycles. The Balaban J connectivity index is 2.83. The predicted octanol–water partition coefficient (Wildman–Crippen LogP) is 1.14. The molecule has 0 fully saturated rings. The van der Waals surface area contributed by atoms with E-state index in [1.54, 1.807) is 32.4 Å². The summed E-state index contributed by atoms with van der Waals surface area (Å²) in [4.78, 5) is 3.97. The molecule has 0 saturated carbocycles. The van der Waals surface area contributed by atoms with Gasteiger partial charge in [0.2, 0.25) is 0 Å². The number of rotatable bonds is 2. The van der Waals surface area contributed by atoms with Crippen molar-refractivity contribution in [1.29, 1.82) is 0 Å². The monoisotopic (exact) mass is 153 g/mol. The number of nitrogens with zero attached hydrogens (tertiary/aromatic N) is 1. The zero-order chi connectivity index (χ0) is 8.27. The quantitative estimate of drug-likeness (QED) is 0.692. The Hall–Kier alpha value is -1.09. The van der Waals surface area contributed by atoms with Gasteiger partial charge in [-0.1, -0.05) is 0 Å². The summed E-state index contributed by atoms with van der Waals surface area (Å²) in [5.74, 6) is 0.703. The molecule has 1 aromatic heterocycles. The zero-order valence-corrected chi connectivity index (χ0v) is 6.61. The molecule has 0 aliphatic carbocycles. The third kappa shape index (κ3) is 1.91. The number of ether oxygens (including phenoxy) is 1. The average molecular weight is 153 g/mol. The van der Waals surface area contributed by atoms with Crippen molar-refractivity contribution in [2.45, 2.75) is 13.0 Å². The van der Waals surface area contributed by atoms with E-state index in [4.69, 9.17) is 9.84 Å². The number of hydrogen-bond donors (Lipinski definition) is 1. The first-order valence-corrected chi connectivity index (χ1v) is 3.42. The lowest BCUT2D eigenvalue weighted by Crippen LogP contribution is -1.94. The fourth-order valence-electron chi connectivity index (χ4n) is 0.760. The van der Waals surface area contributed by atoms with Crippen molar-refractivity contribution < 1.29 is 9.84 Å². The number of hydrogen-bond acceptors (Lipinski definition) is 3. The highest BCUT2D eigenvalue weighted by molar-refractivity contribution is 5.20. The molecular weight excluding hydrogens is 142 g/mol. The second-order valence-electron chi connectivity index (χ2n) is 2.30. The first kappa shape index (κ1) is 8.01. The van der Waals surface area contributed by atoms with E-state index in [1.165, 1.54) is 0 Å². The smallest absolute Gasteiger partial charge is 0.137 e. The first-order chi connectivity index (χ1) is 5.24. The van der Waals surface area contributed by atoms with Crippen molar-refractivity contribution in [2.24, 2.45) is 0 Å². The highest BCUT2D eigenvalue weighted by atomic mass is 16.5. The van der Waals surface area contributed by atoms with Gasteiger partial charge in [-0.25, -0.2) is 0 Å². The van der Waals surface area contributed by atoms with E-state index < -0.39 is 6.10 Å². The van der Waals surface area contributed by atoms with E-state index in [-0.39, 0.29) is 0 Å². The molecule has 11 heavy (non-hydrogen) atoms. The van der Waals surface area contributed by atoms with Crippen molar-refractivity contribution >= 4 is 0 Å². The van der Waals surface area contributed by atoms with Crippen LogP contribution in [0.25, 0.3) is 0 Å². The molecule has 60 valence electrons. The van der Waals surface area contributed by atoms with Gasteiger partial charge < -0.3 is 9.84 Å². The highest BCUT2D eigenvalue weighted by Crippen LogP contribution is 2.12.